The number of urea groups is 1. The van der Waals surface area contributed by atoms with E-state index in [9.17, 15) is 9.18 Å². The molecular weight excluding hydrogens is 447 g/mol. The number of nitrogens with zero attached hydrogens (tertiary/aromatic N) is 2. The molecule has 0 aliphatic rings. The van der Waals surface area contributed by atoms with E-state index in [2.05, 4.69) is 20.8 Å². The molecule has 0 saturated heterocycles. The number of anilines is 2. The summed E-state index contributed by atoms with van der Waals surface area (Å²) in [6.07, 6.45) is 0. The van der Waals surface area contributed by atoms with Crippen molar-refractivity contribution in [3.8, 4) is 16.3 Å². The summed E-state index contributed by atoms with van der Waals surface area (Å²) in [4.78, 5) is 13.4. The molecule has 0 spiro atoms. The quantitative estimate of drug-likeness (QED) is 0.313. The number of ether oxygens (including phenoxy) is 1. The van der Waals surface area contributed by atoms with Crippen LogP contribution >= 0.6 is 23.1 Å². The van der Waals surface area contributed by atoms with Crippen molar-refractivity contribution in [1.82, 2.24) is 10.2 Å². The van der Waals surface area contributed by atoms with Gasteiger partial charge in [-0.2, -0.15) is 0 Å². The van der Waals surface area contributed by atoms with Gasteiger partial charge >= 0.3 is 6.03 Å². The number of thioether (sulfide) groups is 1. The minimum absolute atomic E-state index is 0.247. The predicted octanol–water partition coefficient (Wildman–Crippen LogP) is 6.29. The third-order valence-electron chi connectivity index (χ3n) is 4.40. The first kappa shape index (κ1) is 21.8. The molecule has 6 nitrogen and oxygen atoms in total. The average Bonchev–Trinajstić information content (AvgIpc) is 3.27. The first-order valence-electron chi connectivity index (χ1n) is 9.63. The van der Waals surface area contributed by atoms with Crippen LogP contribution in [0, 0.1) is 5.82 Å². The largest absolute Gasteiger partial charge is 0.497 e. The molecule has 9 heteroatoms. The van der Waals surface area contributed by atoms with Crippen molar-refractivity contribution in [2.75, 3.05) is 17.7 Å². The van der Waals surface area contributed by atoms with E-state index in [1.807, 2.05) is 24.3 Å². The maximum absolute atomic E-state index is 13.1. The molecule has 0 bridgehead atoms. The van der Waals surface area contributed by atoms with Crippen molar-refractivity contribution >= 4 is 39.9 Å². The zero-order chi connectivity index (χ0) is 22.3. The Balaban J connectivity index is 1.42. The second-order valence-corrected chi connectivity index (χ2v) is 8.63. The Hall–Kier alpha value is -3.43. The zero-order valence-corrected chi connectivity index (χ0v) is 18.7. The fraction of sp³-hybridized carbons (Fsp3) is 0.0870. The Morgan fingerprint density at radius 3 is 2.66 bits per heavy atom. The van der Waals surface area contributed by atoms with Crippen LogP contribution in [-0.2, 0) is 5.75 Å². The van der Waals surface area contributed by atoms with Gasteiger partial charge in [0.05, 0.1) is 7.11 Å². The molecule has 0 aliphatic carbocycles. The van der Waals surface area contributed by atoms with Crippen LogP contribution < -0.4 is 15.4 Å². The number of hydrogen-bond acceptors (Lipinski definition) is 6. The number of hydrogen-bond donors (Lipinski definition) is 2. The average molecular weight is 467 g/mol. The highest BCUT2D eigenvalue weighted by atomic mass is 32.2. The molecule has 0 fully saturated rings. The number of rotatable bonds is 7. The van der Waals surface area contributed by atoms with Crippen LogP contribution in [0.2, 0.25) is 0 Å². The molecule has 2 amide bonds. The van der Waals surface area contributed by atoms with Gasteiger partial charge in [-0.1, -0.05) is 47.7 Å². The molecule has 32 heavy (non-hydrogen) atoms. The van der Waals surface area contributed by atoms with Crippen molar-refractivity contribution in [2.45, 2.75) is 10.6 Å². The summed E-state index contributed by atoms with van der Waals surface area (Å²) >= 11 is 2.92. The van der Waals surface area contributed by atoms with Gasteiger partial charge in [0.25, 0.3) is 0 Å². The van der Waals surface area contributed by atoms with Crippen LogP contribution in [0.5, 0.6) is 5.75 Å². The number of halogens is 1. The van der Waals surface area contributed by atoms with Gasteiger partial charge in [0.15, 0.2) is 5.01 Å². The van der Waals surface area contributed by atoms with Crippen molar-refractivity contribution in [3.63, 3.8) is 0 Å². The molecule has 0 saturated carbocycles. The maximum atomic E-state index is 13.1. The van der Waals surface area contributed by atoms with Crippen LogP contribution in [0.25, 0.3) is 10.6 Å². The lowest BCUT2D eigenvalue weighted by Gasteiger charge is -2.07. The Morgan fingerprint density at radius 1 is 1.03 bits per heavy atom. The first-order valence-corrected chi connectivity index (χ1v) is 11.4. The Morgan fingerprint density at radius 2 is 1.84 bits per heavy atom. The molecule has 3 aromatic carbocycles. The number of methoxy groups -OCH3 is 1. The highest BCUT2D eigenvalue weighted by molar-refractivity contribution is 7.98. The van der Waals surface area contributed by atoms with E-state index >= 15 is 0 Å². The van der Waals surface area contributed by atoms with Crippen LogP contribution in [0.4, 0.5) is 20.0 Å². The summed E-state index contributed by atoms with van der Waals surface area (Å²) in [6, 6.07) is 21.0. The summed E-state index contributed by atoms with van der Waals surface area (Å²) in [5.74, 6) is 1.10. The smallest absolute Gasteiger partial charge is 0.325 e. The SMILES string of the molecule is COc1cccc(NC(=O)Nc2nnc(-c3ccccc3SCc3ccc(F)cc3)s2)c1. The highest BCUT2D eigenvalue weighted by Gasteiger charge is 2.13. The fourth-order valence-electron chi connectivity index (χ4n) is 2.85. The predicted molar refractivity (Wildman–Crippen MR) is 127 cm³/mol. The maximum Gasteiger partial charge on any atom is 0.325 e. The summed E-state index contributed by atoms with van der Waals surface area (Å²) in [6.45, 7) is 0. The lowest BCUT2D eigenvalue weighted by atomic mass is 10.2. The molecular formula is C23H19FN4O2S2. The molecule has 0 atom stereocenters. The Labute approximate surface area is 192 Å². The van der Waals surface area contributed by atoms with Crippen molar-refractivity contribution < 1.29 is 13.9 Å². The van der Waals surface area contributed by atoms with Crippen molar-refractivity contribution in [1.29, 1.82) is 0 Å². The molecule has 1 aromatic heterocycles. The normalized spacial score (nSPS) is 10.6. The van der Waals surface area contributed by atoms with Crippen LogP contribution in [0.1, 0.15) is 5.56 Å². The minimum atomic E-state index is -0.417. The van der Waals surface area contributed by atoms with Gasteiger partial charge in [0, 0.05) is 28.0 Å². The molecule has 2 N–H and O–H groups in total. The molecule has 162 valence electrons. The molecule has 4 aromatic rings. The third-order valence-corrected chi connectivity index (χ3v) is 6.41. The van der Waals surface area contributed by atoms with E-state index in [-0.39, 0.29) is 5.82 Å². The van der Waals surface area contributed by atoms with E-state index in [0.29, 0.717) is 27.3 Å². The zero-order valence-electron chi connectivity index (χ0n) is 17.0. The van der Waals surface area contributed by atoms with Crippen molar-refractivity contribution in [2.24, 2.45) is 0 Å². The lowest BCUT2D eigenvalue weighted by Crippen LogP contribution is -2.19. The monoisotopic (exact) mass is 466 g/mol. The number of carbonyl (C=O) groups is 1. The van der Waals surface area contributed by atoms with Crippen LogP contribution in [0.3, 0.4) is 0 Å². The molecule has 0 aliphatic heterocycles. The highest BCUT2D eigenvalue weighted by Crippen LogP contribution is 2.35. The molecule has 1 heterocycles. The summed E-state index contributed by atoms with van der Waals surface area (Å²) < 4.78 is 18.3. The topological polar surface area (TPSA) is 76.1 Å². The second kappa shape index (κ2) is 10.3. The first-order chi connectivity index (χ1) is 15.6. The van der Waals surface area contributed by atoms with Gasteiger partial charge in [0.2, 0.25) is 5.13 Å². The van der Waals surface area contributed by atoms with Gasteiger partial charge in [-0.05, 0) is 35.9 Å². The van der Waals surface area contributed by atoms with Gasteiger partial charge in [0.1, 0.15) is 11.6 Å². The van der Waals surface area contributed by atoms with E-state index in [1.165, 1.54) is 23.5 Å². The van der Waals surface area contributed by atoms with Gasteiger partial charge in [-0.3, -0.25) is 5.32 Å². The second-order valence-electron chi connectivity index (χ2n) is 6.63. The summed E-state index contributed by atoms with van der Waals surface area (Å²) in [5, 5.41) is 14.9. The molecule has 0 unspecified atom stereocenters. The van der Waals surface area contributed by atoms with E-state index in [0.717, 1.165) is 16.0 Å². The molecule has 4 rings (SSSR count). The van der Waals surface area contributed by atoms with Gasteiger partial charge in [-0.15, -0.1) is 22.0 Å². The Bertz CT molecular complexity index is 1210. The number of aromatic nitrogens is 2. The fourth-order valence-corrected chi connectivity index (χ4v) is 4.71. The van der Waals surface area contributed by atoms with Crippen LogP contribution in [-0.4, -0.2) is 23.3 Å². The molecule has 0 radical (unpaired) electrons. The van der Waals surface area contributed by atoms with Crippen molar-refractivity contribution in [3.05, 3.63) is 84.2 Å². The third kappa shape index (κ3) is 5.63. The number of benzene rings is 3. The number of nitrogens with one attached hydrogen (secondary N) is 2. The van der Waals surface area contributed by atoms with E-state index in [1.54, 1.807) is 55.3 Å². The summed E-state index contributed by atoms with van der Waals surface area (Å²) in [5.41, 5.74) is 2.56. The number of carbonyl (C=O) groups excluding carboxylic acids is 1. The minimum Gasteiger partial charge on any atom is -0.497 e. The summed E-state index contributed by atoms with van der Waals surface area (Å²) in [7, 11) is 1.57. The van der Waals surface area contributed by atoms with Gasteiger partial charge in [-0.25, -0.2) is 9.18 Å². The number of amides is 2. The van der Waals surface area contributed by atoms with E-state index in [4.69, 9.17) is 4.74 Å². The lowest BCUT2D eigenvalue weighted by molar-refractivity contribution is 0.262. The van der Waals surface area contributed by atoms with Gasteiger partial charge < -0.3 is 10.1 Å². The van der Waals surface area contributed by atoms with E-state index < -0.39 is 6.03 Å². The Kier molecular flexibility index (Phi) is 6.98. The van der Waals surface area contributed by atoms with Crippen LogP contribution in [0.15, 0.2) is 77.7 Å². The standard InChI is InChI=1S/C23H19FN4O2S2/c1-30-18-6-4-5-17(13-18)25-22(29)26-23-28-27-21(32-23)19-7-2-3-8-20(19)31-14-15-9-11-16(24)12-10-15/h2-13H,14H2,1H3,(H2,25,26,28,29).